The van der Waals surface area contributed by atoms with E-state index in [0.717, 1.165) is 123 Å². The monoisotopic (exact) mass is 1230 g/mol. The third-order valence-electron chi connectivity index (χ3n) is 17.9. The van der Waals surface area contributed by atoms with Gasteiger partial charge in [0.2, 0.25) is 0 Å². The number of nitrogens with zero attached hydrogens (tertiary/aromatic N) is 3. The van der Waals surface area contributed by atoms with Crippen molar-refractivity contribution < 1.29 is 4.42 Å². The summed E-state index contributed by atoms with van der Waals surface area (Å²) in [6, 6.07) is 101. The Hall–Kier alpha value is -9.91. The molecule has 0 aliphatic carbocycles. The van der Waals surface area contributed by atoms with Crippen LogP contribution in [0.4, 0.5) is 51.2 Å². The van der Waals surface area contributed by atoms with Crippen LogP contribution in [-0.2, 0) is 16.2 Å². The van der Waals surface area contributed by atoms with E-state index in [9.17, 15) is 0 Å². The summed E-state index contributed by atoms with van der Waals surface area (Å²) >= 11 is 10.4. The lowest BCUT2D eigenvalue weighted by atomic mass is 9.84. The van der Waals surface area contributed by atoms with Crippen LogP contribution in [0.1, 0.15) is 79.0 Å². The van der Waals surface area contributed by atoms with Crippen LogP contribution < -0.4 is 14.7 Å². The maximum absolute atomic E-state index is 8.68. The van der Waals surface area contributed by atoms with Gasteiger partial charge in [-0.15, -0.1) is 11.3 Å². The van der Waals surface area contributed by atoms with Gasteiger partial charge in [-0.2, -0.15) is 0 Å². The Morgan fingerprint density at radius 1 is 0.304 bits per heavy atom. The zero-order chi connectivity index (χ0) is 63.5. The summed E-state index contributed by atoms with van der Waals surface area (Å²) in [6.07, 6.45) is 0. The second kappa shape index (κ2) is 24.0. The van der Waals surface area contributed by atoms with Crippen molar-refractivity contribution in [3.05, 3.63) is 306 Å². The standard InChI is InChI=1S/C86H74ClN3OS/c1-84(2,3)62-40-45-65(46-41-62)88(75-37-21-19-33-69(75)59-29-17-12-18-30-59)67-31-23-32-68(55-67)90(76-49-44-64(86(7,8)9)54-73(76)72-36-24-35-71-70-34-20-22-38-80(70)91-83(71)72)78-53-61(58-27-15-11-16-28-58)52-77(82(78)87)89(66-47-42-63(43-48-66)85(4,5)6)79-56-92-81-50-39-60(51-74(79)81)57-25-13-10-14-26-57/h10-56H,1-9H3. The molecule has 0 radical (unpaired) electrons. The first-order valence-electron chi connectivity index (χ1n) is 31.8. The number of anilines is 9. The molecule has 14 rings (SSSR count). The molecule has 2 heterocycles. The smallest absolute Gasteiger partial charge is 0.143 e. The average molecular weight is 1230 g/mol. The Bertz CT molecular complexity index is 4990. The van der Waals surface area contributed by atoms with Gasteiger partial charge < -0.3 is 19.1 Å². The minimum absolute atomic E-state index is 0.0435. The lowest BCUT2D eigenvalue weighted by Gasteiger charge is -2.34. The van der Waals surface area contributed by atoms with E-state index in [0.29, 0.717) is 5.02 Å². The average Bonchev–Trinajstić information content (AvgIpc) is 1.20. The molecule has 0 saturated heterocycles. The van der Waals surface area contributed by atoms with Crippen molar-refractivity contribution in [2.45, 2.75) is 78.6 Å². The SMILES string of the molecule is CC(C)(C)c1ccc(N(c2cccc(N(c3ccc(C(C)(C)C)cc3-c3cccc4c3oc3ccccc34)c3cc(-c4ccccc4)cc(N(c4ccc(C(C)(C)C)cc4)c4csc5ccc(-c6ccccc6)cc45)c3Cl)c2)c2ccccc2-c2ccccc2)cc1. The van der Waals surface area contributed by atoms with Crippen LogP contribution in [0.5, 0.6) is 0 Å². The van der Waals surface area contributed by atoms with Gasteiger partial charge in [0, 0.05) is 65.7 Å². The molecule has 0 bridgehead atoms. The molecule has 0 fully saturated rings. The van der Waals surface area contributed by atoms with Gasteiger partial charge in [-0.05, 0) is 152 Å². The Morgan fingerprint density at radius 2 is 0.793 bits per heavy atom. The molecule has 92 heavy (non-hydrogen) atoms. The quantitative estimate of drug-likeness (QED) is 0.115. The molecule has 0 amide bonds. The summed E-state index contributed by atoms with van der Waals surface area (Å²) in [5, 5.41) is 6.14. The Morgan fingerprint density at radius 3 is 1.42 bits per heavy atom. The zero-order valence-corrected chi connectivity index (χ0v) is 55.2. The fourth-order valence-electron chi connectivity index (χ4n) is 12.9. The van der Waals surface area contributed by atoms with Crippen molar-refractivity contribution in [2.75, 3.05) is 14.7 Å². The van der Waals surface area contributed by atoms with E-state index in [1.54, 1.807) is 11.3 Å². The summed E-state index contributed by atoms with van der Waals surface area (Å²) in [5.74, 6) is 0. The van der Waals surface area contributed by atoms with Crippen LogP contribution in [0.2, 0.25) is 5.02 Å². The molecule has 12 aromatic carbocycles. The molecule has 0 saturated carbocycles. The van der Waals surface area contributed by atoms with E-state index in [2.05, 4.69) is 355 Å². The molecule has 0 aliphatic heterocycles. The van der Waals surface area contributed by atoms with E-state index < -0.39 is 0 Å². The first-order chi connectivity index (χ1) is 44.4. The Kier molecular flexibility index (Phi) is 15.6. The number of thiophene rings is 1. The number of hydrogen-bond acceptors (Lipinski definition) is 5. The zero-order valence-electron chi connectivity index (χ0n) is 53.7. The molecule has 0 atom stereocenters. The molecule has 2 aromatic heterocycles. The molecule has 0 N–H and O–H groups in total. The van der Waals surface area contributed by atoms with Gasteiger partial charge in [0.1, 0.15) is 11.2 Å². The first-order valence-corrected chi connectivity index (χ1v) is 33.1. The highest BCUT2D eigenvalue weighted by molar-refractivity contribution is 7.17. The predicted octanol–water partition coefficient (Wildman–Crippen LogP) is 26.4. The highest BCUT2D eigenvalue weighted by atomic mass is 35.5. The number of hydrogen-bond donors (Lipinski definition) is 0. The van der Waals surface area contributed by atoms with Crippen LogP contribution in [0.15, 0.2) is 289 Å². The summed E-state index contributed by atoms with van der Waals surface area (Å²) in [6.45, 7) is 20.5. The van der Waals surface area contributed by atoms with E-state index in [-0.39, 0.29) is 16.2 Å². The van der Waals surface area contributed by atoms with Gasteiger partial charge in [0.25, 0.3) is 0 Å². The van der Waals surface area contributed by atoms with E-state index >= 15 is 0 Å². The topological polar surface area (TPSA) is 22.9 Å². The summed E-state index contributed by atoms with van der Waals surface area (Å²) in [4.78, 5) is 7.22. The van der Waals surface area contributed by atoms with Crippen molar-refractivity contribution >= 4 is 106 Å². The molecule has 0 unspecified atom stereocenters. The van der Waals surface area contributed by atoms with E-state index in [1.807, 2.05) is 6.07 Å². The Labute approximate surface area is 550 Å². The van der Waals surface area contributed by atoms with Gasteiger partial charge in [-0.1, -0.05) is 262 Å². The number of para-hydroxylation sites is 3. The third kappa shape index (κ3) is 11.5. The van der Waals surface area contributed by atoms with Crippen LogP contribution in [0, 0.1) is 0 Å². The van der Waals surface area contributed by atoms with Gasteiger partial charge in [0.15, 0.2) is 0 Å². The summed E-state index contributed by atoms with van der Waals surface area (Å²) in [7, 11) is 0. The van der Waals surface area contributed by atoms with Crippen LogP contribution >= 0.6 is 22.9 Å². The lowest BCUT2D eigenvalue weighted by Crippen LogP contribution is -2.18. The molecule has 0 aliphatic rings. The van der Waals surface area contributed by atoms with Gasteiger partial charge in [0.05, 0.1) is 33.5 Å². The van der Waals surface area contributed by atoms with Crippen molar-refractivity contribution in [3.63, 3.8) is 0 Å². The molecule has 4 nitrogen and oxygen atoms in total. The number of furan rings is 1. The summed E-state index contributed by atoms with van der Waals surface area (Å²) < 4.78 is 8.20. The van der Waals surface area contributed by atoms with Gasteiger partial charge in [-0.25, -0.2) is 0 Å². The largest absolute Gasteiger partial charge is 0.455 e. The van der Waals surface area contributed by atoms with E-state index in [1.165, 1.54) is 21.4 Å². The maximum atomic E-state index is 8.68. The predicted molar refractivity (Wildman–Crippen MR) is 396 cm³/mol. The number of rotatable bonds is 13. The maximum Gasteiger partial charge on any atom is 0.143 e. The van der Waals surface area contributed by atoms with Crippen LogP contribution in [-0.4, -0.2) is 0 Å². The summed E-state index contributed by atoms with van der Waals surface area (Å²) in [5.41, 5.74) is 22.2. The van der Waals surface area contributed by atoms with Crippen LogP contribution in [0.25, 0.3) is 76.5 Å². The fraction of sp³-hybridized carbons (Fsp3) is 0.140. The van der Waals surface area contributed by atoms with Gasteiger partial charge >= 0.3 is 0 Å². The minimum Gasteiger partial charge on any atom is -0.455 e. The molecule has 0 spiro atoms. The molecular weight excluding hydrogens is 1160 g/mol. The highest BCUT2D eigenvalue weighted by Gasteiger charge is 2.31. The lowest BCUT2D eigenvalue weighted by molar-refractivity contribution is 0.590. The van der Waals surface area contributed by atoms with Crippen molar-refractivity contribution in [1.82, 2.24) is 0 Å². The molecule has 452 valence electrons. The number of halogens is 1. The Balaban J connectivity index is 1.09. The second-order valence-corrected chi connectivity index (χ2v) is 28.4. The van der Waals surface area contributed by atoms with Crippen molar-refractivity contribution in [1.29, 1.82) is 0 Å². The molecule has 14 aromatic rings. The number of benzene rings is 12. The van der Waals surface area contributed by atoms with Gasteiger partial charge in [-0.3, -0.25) is 0 Å². The molecule has 6 heteroatoms. The minimum atomic E-state index is -0.209. The van der Waals surface area contributed by atoms with E-state index in [4.69, 9.17) is 16.0 Å². The third-order valence-corrected chi connectivity index (χ3v) is 19.2. The first kappa shape index (κ1) is 59.7. The van der Waals surface area contributed by atoms with Crippen molar-refractivity contribution in [2.24, 2.45) is 0 Å². The van der Waals surface area contributed by atoms with Crippen LogP contribution in [0.3, 0.4) is 0 Å². The number of fused-ring (bicyclic) bond motifs is 4. The highest BCUT2D eigenvalue weighted by Crippen LogP contribution is 2.55. The normalized spacial score (nSPS) is 12.0. The second-order valence-electron chi connectivity index (χ2n) is 27.2. The fourth-order valence-corrected chi connectivity index (χ4v) is 14.0. The van der Waals surface area contributed by atoms with Crippen molar-refractivity contribution in [3.8, 4) is 44.5 Å². The molecular formula is C86H74ClN3OS.